The van der Waals surface area contributed by atoms with Crippen molar-refractivity contribution < 1.29 is 32.3 Å². The third-order valence-corrected chi connectivity index (χ3v) is 6.71. The Morgan fingerprint density at radius 1 is 1.15 bits per heavy atom. The maximum atomic E-state index is 15.0. The molecule has 0 saturated heterocycles. The Morgan fingerprint density at radius 3 is 2.46 bits per heavy atom. The number of hydrazine groups is 1. The monoisotopic (exact) mass is 540 g/mol. The van der Waals surface area contributed by atoms with Gasteiger partial charge in [0.25, 0.3) is 5.91 Å². The SMILES string of the molecule is [B]C(O)(c1ccc(C(F)(F)F)cc1F)N(C(=O)c1ccc2nc(N)c3cnn(C)c3c2c1)N(C)C(=O)C1CC1. The van der Waals surface area contributed by atoms with Crippen molar-refractivity contribution in [1.29, 1.82) is 0 Å². The van der Waals surface area contributed by atoms with E-state index in [-0.39, 0.29) is 17.4 Å². The molecule has 1 unspecified atom stereocenters. The number of hydrogen-bond acceptors (Lipinski definition) is 6. The molecule has 0 aliphatic heterocycles. The van der Waals surface area contributed by atoms with E-state index in [0.29, 0.717) is 51.8 Å². The molecule has 0 spiro atoms. The van der Waals surface area contributed by atoms with Gasteiger partial charge in [-0.15, -0.1) is 0 Å². The standard InChI is InChI=1S/C25H21BF4N6O3/c1-34-20-15-9-13(5-8-19(15)33-21(31)16(20)11-32-34)23(38)36(35(2)22(37)12-3-4-12)24(26,39)17-7-6-14(10-18(17)27)25(28,29)30/h5-12,39H,3-4H2,1-2H3,(H2,31,33). The van der Waals surface area contributed by atoms with Gasteiger partial charge in [0.1, 0.15) is 17.3 Å². The van der Waals surface area contributed by atoms with Crippen molar-refractivity contribution in [2.75, 3.05) is 12.8 Å². The quantitative estimate of drug-likeness (QED) is 0.178. The molecule has 2 aromatic heterocycles. The van der Waals surface area contributed by atoms with Crippen molar-refractivity contribution >= 4 is 47.3 Å². The van der Waals surface area contributed by atoms with Crippen LogP contribution in [-0.4, -0.2) is 56.6 Å². The Bertz CT molecular complexity index is 1650. The number of hydrogen-bond donors (Lipinski definition) is 2. The molecule has 9 nitrogen and oxygen atoms in total. The van der Waals surface area contributed by atoms with E-state index in [9.17, 15) is 32.3 Å². The molecule has 1 fully saturated rings. The first-order chi connectivity index (χ1) is 18.2. The lowest BCUT2D eigenvalue weighted by molar-refractivity contribution is -0.167. The van der Waals surface area contributed by atoms with Gasteiger partial charge in [0.05, 0.1) is 28.2 Å². The predicted molar refractivity (Wildman–Crippen MR) is 133 cm³/mol. The zero-order valence-corrected chi connectivity index (χ0v) is 20.7. The van der Waals surface area contributed by atoms with Crippen molar-refractivity contribution in [3.8, 4) is 0 Å². The highest BCUT2D eigenvalue weighted by Gasteiger charge is 2.45. The average molecular weight is 540 g/mol. The molecule has 5 rings (SSSR count). The lowest BCUT2D eigenvalue weighted by Crippen LogP contribution is -2.59. The Kier molecular flexibility index (Phi) is 6.05. The normalized spacial score (nSPS) is 15.4. The van der Waals surface area contributed by atoms with E-state index in [1.165, 1.54) is 36.1 Å². The van der Waals surface area contributed by atoms with Crippen LogP contribution < -0.4 is 5.73 Å². The first kappa shape index (κ1) is 26.4. The van der Waals surface area contributed by atoms with Crippen LogP contribution in [0.15, 0.2) is 42.6 Å². The molecule has 39 heavy (non-hydrogen) atoms. The van der Waals surface area contributed by atoms with Crippen LogP contribution in [0.2, 0.25) is 0 Å². The Labute approximate surface area is 220 Å². The number of nitrogens with zero attached hydrogens (tertiary/aromatic N) is 5. The van der Waals surface area contributed by atoms with E-state index in [1.54, 1.807) is 7.05 Å². The number of aryl methyl sites for hydroxylation is 1. The molecule has 0 bridgehead atoms. The fourth-order valence-corrected chi connectivity index (χ4v) is 4.53. The van der Waals surface area contributed by atoms with Crippen LogP contribution in [0.5, 0.6) is 0 Å². The summed E-state index contributed by atoms with van der Waals surface area (Å²) < 4.78 is 55.8. The minimum absolute atomic E-state index is 0.0804. The molecule has 3 N–H and O–H groups in total. The molecular formula is C25H21BF4N6O3. The summed E-state index contributed by atoms with van der Waals surface area (Å²) in [6.45, 7) is 0. The van der Waals surface area contributed by atoms with Crippen molar-refractivity contribution in [2.24, 2.45) is 13.0 Å². The van der Waals surface area contributed by atoms with Gasteiger partial charge in [-0.1, -0.05) is 6.07 Å². The number of amides is 2. The number of benzene rings is 2. The van der Waals surface area contributed by atoms with E-state index >= 15 is 0 Å². The van der Waals surface area contributed by atoms with Crippen LogP contribution in [0.4, 0.5) is 23.4 Å². The Hall–Kier alpha value is -4.20. The van der Waals surface area contributed by atoms with Crippen molar-refractivity contribution in [3.63, 3.8) is 0 Å². The molecule has 14 heteroatoms. The highest BCUT2D eigenvalue weighted by atomic mass is 19.4. The van der Waals surface area contributed by atoms with Gasteiger partial charge < -0.3 is 10.8 Å². The van der Waals surface area contributed by atoms with Crippen LogP contribution >= 0.6 is 0 Å². The zero-order chi connectivity index (χ0) is 28.4. The zero-order valence-electron chi connectivity index (χ0n) is 20.7. The van der Waals surface area contributed by atoms with Gasteiger partial charge in [0.15, 0.2) is 7.85 Å². The summed E-state index contributed by atoms with van der Waals surface area (Å²) in [5.41, 5.74) is 1.70. The predicted octanol–water partition coefficient (Wildman–Crippen LogP) is 3.06. The van der Waals surface area contributed by atoms with Gasteiger partial charge in [-0.25, -0.2) is 14.4 Å². The molecule has 1 aliphatic carbocycles. The maximum Gasteiger partial charge on any atom is 0.416 e. The Balaban J connectivity index is 1.65. The number of halogens is 4. The number of alkyl halides is 3. The average Bonchev–Trinajstić information content (AvgIpc) is 3.64. The number of fused-ring (bicyclic) bond motifs is 3. The van der Waals surface area contributed by atoms with Crippen LogP contribution in [0.3, 0.4) is 0 Å². The first-order valence-corrected chi connectivity index (χ1v) is 11.7. The van der Waals surface area contributed by atoms with Gasteiger partial charge in [-0.3, -0.25) is 19.3 Å². The lowest BCUT2D eigenvalue weighted by atomic mass is 9.81. The second kappa shape index (κ2) is 8.94. The van der Waals surface area contributed by atoms with Crippen molar-refractivity contribution in [1.82, 2.24) is 24.8 Å². The lowest BCUT2D eigenvalue weighted by Gasteiger charge is -2.43. The fourth-order valence-electron chi connectivity index (χ4n) is 4.53. The molecule has 200 valence electrons. The number of rotatable bonds is 4. The van der Waals surface area contributed by atoms with Gasteiger partial charge in [-0.2, -0.15) is 18.3 Å². The van der Waals surface area contributed by atoms with Crippen LogP contribution in [0.1, 0.15) is 34.3 Å². The van der Waals surface area contributed by atoms with Gasteiger partial charge in [0.2, 0.25) is 5.91 Å². The molecule has 1 saturated carbocycles. The molecule has 2 radical (unpaired) electrons. The molecule has 4 aromatic rings. The summed E-state index contributed by atoms with van der Waals surface area (Å²) in [6.07, 6.45) is -2.29. The van der Waals surface area contributed by atoms with Crippen LogP contribution in [0, 0.1) is 11.7 Å². The van der Waals surface area contributed by atoms with E-state index in [0.717, 1.165) is 5.01 Å². The molecule has 2 heterocycles. The maximum absolute atomic E-state index is 15.0. The van der Waals surface area contributed by atoms with Gasteiger partial charge >= 0.3 is 6.18 Å². The smallest absolute Gasteiger partial charge is 0.383 e. The van der Waals surface area contributed by atoms with E-state index in [4.69, 9.17) is 13.6 Å². The molecular weight excluding hydrogens is 519 g/mol. The minimum atomic E-state index is -4.86. The number of nitrogen functional groups attached to an aromatic ring is 1. The van der Waals surface area contributed by atoms with Crippen LogP contribution in [-0.2, 0) is 23.6 Å². The second-order valence-electron chi connectivity index (χ2n) is 9.43. The number of aliphatic hydroxyl groups is 1. The topological polar surface area (TPSA) is 118 Å². The third-order valence-electron chi connectivity index (χ3n) is 6.71. The van der Waals surface area contributed by atoms with Crippen LogP contribution in [0.25, 0.3) is 21.8 Å². The summed E-state index contributed by atoms with van der Waals surface area (Å²) >= 11 is 0. The van der Waals surface area contributed by atoms with Crippen molar-refractivity contribution in [2.45, 2.75) is 24.6 Å². The number of anilines is 1. The molecule has 1 atom stereocenters. The highest BCUT2D eigenvalue weighted by Crippen LogP contribution is 2.37. The molecule has 1 aliphatic rings. The number of nitrogens with two attached hydrogens (primary N) is 1. The largest absolute Gasteiger partial charge is 0.416 e. The summed E-state index contributed by atoms with van der Waals surface area (Å²) in [7, 11) is 8.90. The molecule has 2 amide bonds. The first-order valence-electron chi connectivity index (χ1n) is 11.7. The fraction of sp³-hybridized carbons (Fsp3) is 0.280. The van der Waals surface area contributed by atoms with Crippen molar-refractivity contribution in [3.05, 3.63) is 65.1 Å². The summed E-state index contributed by atoms with van der Waals surface area (Å²) in [5.74, 6) is -3.35. The van der Waals surface area contributed by atoms with E-state index in [2.05, 4.69) is 10.1 Å². The minimum Gasteiger partial charge on any atom is -0.383 e. The number of carbonyl (C=O) groups is 2. The highest BCUT2D eigenvalue weighted by molar-refractivity contribution is 6.17. The van der Waals surface area contributed by atoms with E-state index in [1.807, 2.05) is 0 Å². The van der Waals surface area contributed by atoms with E-state index < -0.39 is 46.5 Å². The summed E-state index contributed by atoms with van der Waals surface area (Å²) in [6, 6.07) is 5.56. The number of carbonyl (C=O) groups excluding carboxylic acids is 2. The summed E-state index contributed by atoms with van der Waals surface area (Å²) in [4.78, 5) is 31.1. The summed E-state index contributed by atoms with van der Waals surface area (Å²) in [5, 5.41) is 17.7. The Morgan fingerprint density at radius 2 is 1.85 bits per heavy atom. The number of aromatic nitrogens is 3. The van der Waals surface area contributed by atoms with Gasteiger partial charge in [0, 0.05) is 36.5 Å². The second-order valence-corrected chi connectivity index (χ2v) is 9.43. The number of pyridine rings is 1. The molecule has 2 aromatic carbocycles. The third kappa shape index (κ3) is 4.44. The van der Waals surface area contributed by atoms with Gasteiger partial charge in [-0.05, 0) is 43.2 Å².